The van der Waals surface area contributed by atoms with Crippen LogP contribution in [0.3, 0.4) is 0 Å². The van der Waals surface area contributed by atoms with Gasteiger partial charge < -0.3 is 9.47 Å². The van der Waals surface area contributed by atoms with E-state index in [4.69, 9.17) is 10.8 Å². The molecule has 1 aromatic heterocycles. The van der Waals surface area contributed by atoms with Crippen LogP contribution in [0.2, 0.25) is 0 Å². The molecule has 1 saturated heterocycles. The van der Waals surface area contributed by atoms with Gasteiger partial charge in [-0.25, -0.2) is 0 Å². The molecule has 0 saturated carbocycles. The van der Waals surface area contributed by atoms with Crippen LogP contribution in [0.1, 0.15) is 38.9 Å². The third-order valence-electron chi connectivity index (χ3n) is 2.18. The van der Waals surface area contributed by atoms with E-state index < -0.39 is 0 Å². The zero-order valence-electron chi connectivity index (χ0n) is 9.79. The van der Waals surface area contributed by atoms with Gasteiger partial charge in [-0.3, -0.25) is 0 Å². The van der Waals surface area contributed by atoms with Crippen LogP contribution in [0.4, 0.5) is 0 Å². The Hall–Kier alpha value is -0.380. The maximum atomic E-state index is 7.90. The van der Waals surface area contributed by atoms with E-state index in [0.717, 1.165) is 5.56 Å². The Bertz CT molecular complexity index is 348. The molecule has 14 heavy (non-hydrogen) atoms. The number of hydrogen-bond acceptors (Lipinski definition) is 3. The largest absolute Gasteiger partial charge is 0.346 e. The summed E-state index contributed by atoms with van der Waals surface area (Å²) in [7, 11) is 0. The highest BCUT2D eigenvalue weighted by atomic mass is 32.1. The van der Waals surface area contributed by atoms with Crippen molar-refractivity contribution in [1.29, 1.82) is 0 Å². The lowest BCUT2D eigenvalue weighted by molar-refractivity contribution is -0.0438. The van der Waals surface area contributed by atoms with Crippen LogP contribution in [0, 0.1) is 0 Å². The second-order valence-electron chi connectivity index (χ2n) is 4.49. The quantitative estimate of drug-likeness (QED) is 0.713. The number of hydrogen-bond donors (Lipinski definition) is 0. The van der Waals surface area contributed by atoms with Crippen molar-refractivity contribution in [3.63, 3.8) is 0 Å². The highest BCUT2D eigenvalue weighted by molar-refractivity contribution is 7.10. The summed E-state index contributed by atoms with van der Waals surface area (Å²) < 4.78 is 18.7. The fourth-order valence-electron chi connectivity index (χ4n) is 1.34. The first-order valence-corrected chi connectivity index (χ1v) is 5.64. The molecule has 78 valence electrons. The zero-order valence-corrected chi connectivity index (χ0v) is 9.61. The van der Waals surface area contributed by atoms with E-state index in [1.807, 2.05) is 6.07 Å². The van der Waals surface area contributed by atoms with Gasteiger partial charge in [0.1, 0.15) is 0 Å². The molecular weight excluding hydrogens is 196 g/mol. The van der Waals surface area contributed by atoms with E-state index >= 15 is 0 Å². The molecule has 0 bridgehead atoms. The minimum absolute atomic E-state index is 0.0946. The summed E-state index contributed by atoms with van der Waals surface area (Å²) in [5, 5.41) is 0.562. The van der Waals surface area contributed by atoms with E-state index in [-0.39, 0.29) is 11.7 Å². The van der Waals surface area contributed by atoms with Crippen LogP contribution in [0.25, 0.3) is 0 Å². The molecule has 1 fully saturated rings. The molecular formula is C11H16O2S. The molecule has 0 aromatic carbocycles. The molecule has 2 rings (SSSR count). The van der Waals surface area contributed by atoms with Crippen molar-refractivity contribution in [3.8, 4) is 0 Å². The molecule has 0 radical (unpaired) electrons. The highest BCUT2D eigenvalue weighted by Crippen LogP contribution is 2.33. The summed E-state index contributed by atoms with van der Waals surface area (Å²) in [6, 6.07) is 2.04. The third kappa shape index (κ3) is 2.00. The van der Waals surface area contributed by atoms with Crippen molar-refractivity contribution in [1.82, 2.24) is 0 Å². The Morgan fingerprint density at radius 3 is 2.57 bits per heavy atom. The second-order valence-corrected chi connectivity index (χ2v) is 5.34. The van der Waals surface area contributed by atoms with Crippen molar-refractivity contribution in [2.75, 3.05) is 13.2 Å². The van der Waals surface area contributed by atoms with Crippen molar-refractivity contribution in [3.05, 3.63) is 21.9 Å². The normalized spacial score (nSPS) is 20.1. The van der Waals surface area contributed by atoms with E-state index in [1.165, 1.54) is 16.2 Å². The van der Waals surface area contributed by atoms with Crippen LogP contribution in [0.5, 0.6) is 0 Å². The lowest BCUT2D eigenvalue weighted by Crippen LogP contribution is -2.08. The summed E-state index contributed by atoms with van der Waals surface area (Å²) in [6.07, 6.45) is -0.315. The van der Waals surface area contributed by atoms with Crippen molar-refractivity contribution in [2.24, 2.45) is 0 Å². The molecule has 1 aromatic rings. The molecule has 1 aliphatic heterocycles. The minimum atomic E-state index is -0.315. The van der Waals surface area contributed by atoms with E-state index in [9.17, 15) is 0 Å². The monoisotopic (exact) mass is 213 g/mol. The van der Waals surface area contributed by atoms with E-state index in [0.29, 0.717) is 18.6 Å². The predicted octanol–water partition coefficient (Wildman–Crippen LogP) is 3.09. The van der Waals surface area contributed by atoms with E-state index in [2.05, 4.69) is 20.8 Å². The molecule has 0 atom stereocenters. The molecule has 3 heteroatoms. The van der Waals surface area contributed by atoms with E-state index in [1.54, 1.807) is 0 Å². The van der Waals surface area contributed by atoms with Gasteiger partial charge in [-0.2, -0.15) is 0 Å². The summed E-state index contributed by atoms with van der Waals surface area (Å²) in [5.74, 6) is 0. The molecule has 2 nitrogen and oxygen atoms in total. The van der Waals surface area contributed by atoms with Gasteiger partial charge in [-0.1, -0.05) is 20.8 Å². The van der Waals surface area contributed by atoms with Gasteiger partial charge in [-0.05, 0) is 16.8 Å². The lowest BCUT2D eigenvalue weighted by atomic mass is 9.94. The maximum absolute atomic E-state index is 7.90. The first-order valence-electron chi connectivity index (χ1n) is 5.32. The van der Waals surface area contributed by atoms with Crippen LogP contribution in [0.15, 0.2) is 11.4 Å². The molecule has 0 aliphatic carbocycles. The first-order chi connectivity index (χ1) is 6.98. The Kier molecular flexibility index (Phi) is 2.32. The Morgan fingerprint density at radius 1 is 1.43 bits per heavy atom. The minimum Gasteiger partial charge on any atom is -0.346 e. The average molecular weight is 213 g/mol. The second kappa shape index (κ2) is 3.65. The van der Waals surface area contributed by atoms with Gasteiger partial charge in [0.2, 0.25) is 0 Å². The molecule has 0 N–H and O–H groups in total. The summed E-state index contributed by atoms with van der Waals surface area (Å²) >= 11 is 1.51. The number of ether oxygens (including phenoxy) is 2. The smallest absolute Gasteiger partial charge is 0.184 e. The zero-order chi connectivity index (χ0) is 11.1. The average Bonchev–Trinajstić information content (AvgIpc) is 2.69. The van der Waals surface area contributed by atoms with Crippen LogP contribution in [-0.4, -0.2) is 13.2 Å². The number of rotatable bonds is 1. The van der Waals surface area contributed by atoms with Gasteiger partial charge in [0.25, 0.3) is 0 Å². The summed E-state index contributed by atoms with van der Waals surface area (Å²) in [6.45, 7) is 7.71. The first kappa shape index (κ1) is 8.89. The van der Waals surface area contributed by atoms with Gasteiger partial charge in [-0.15, -0.1) is 11.3 Å². The topological polar surface area (TPSA) is 18.5 Å². The Balaban J connectivity index is 2.29. The van der Waals surface area contributed by atoms with Gasteiger partial charge in [0.15, 0.2) is 6.29 Å². The van der Waals surface area contributed by atoms with Crippen molar-refractivity contribution < 1.29 is 10.8 Å². The fraction of sp³-hybridized carbons (Fsp3) is 0.636. The standard InChI is InChI=1S/C11H16O2S/c1-11(2,3)9-6-8(7-14-9)10-12-4-5-13-10/h6-7,10H,4-5H2,1-3H3/i7D. The van der Waals surface area contributed by atoms with Crippen molar-refractivity contribution in [2.45, 2.75) is 32.5 Å². The SMILES string of the molecule is [2H]c1sc(C(C)(C)C)cc1C1OCCO1. The fourth-order valence-corrected chi connectivity index (χ4v) is 2.21. The predicted molar refractivity (Wildman–Crippen MR) is 57.7 cm³/mol. The molecule has 0 unspecified atom stereocenters. The van der Waals surface area contributed by atoms with Crippen molar-refractivity contribution >= 4 is 11.3 Å². The highest BCUT2D eigenvalue weighted by Gasteiger charge is 2.22. The van der Waals surface area contributed by atoms with Crippen LogP contribution in [-0.2, 0) is 14.9 Å². The number of thiophene rings is 1. The van der Waals surface area contributed by atoms with Gasteiger partial charge in [0, 0.05) is 10.4 Å². The van der Waals surface area contributed by atoms with Gasteiger partial charge >= 0.3 is 0 Å². The summed E-state index contributed by atoms with van der Waals surface area (Å²) in [5.41, 5.74) is 0.972. The van der Waals surface area contributed by atoms with Gasteiger partial charge in [0.05, 0.1) is 14.6 Å². The lowest BCUT2D eigenvalue weighted by Gasteiger charge is -2.15. The summed E-state index contributed by atoms with van der Waals surface area (Å²) in [4.78, 5) is 1.21. The maximum Gasteiger partial charge on any atom is 0.184 e. The Labute approximate surface area is 90.3 Å². The molecule has 0 spiro atoms. The molecule has 1 aliphatic rings. The third-order valence-corrected chi connectivity index (χ3v) is 3.47. The molecule has 0 amide bonds. The molecule has 2 heterocycles. The van der Waals surface area contributed by atoms with Crippen LogP contribution < -0.4 is 0 Å². The Morgan fingerprint density at radius 2 is 2.07 bits per heavy atom. The van der Waals surface area contributed by atoms with Crippen LogP contribution >= 0.6 is 11.3 Å².